The number of nitrogens with zero attached hydrogens (tertiary/aromatic N) is 1. The predicted octanol–water partition coefficient (Wildman–Crippen LogP) is 3.84. The number of urea groups is 1. The summed E-state index contributed by atoms with van der Waals surface area (Å²) in [6.45, 7) is 2.92. The van der Waals surface area contributed by atoms with E-state index in [-0.39, 0.29) is 11.8 Å². The summed E-state index contributed by atoms with van der Waals surface area (Å²) in [4.78, 5) is 12.7. The fourth-order valence-corrected chi connectivity index (χ4v) is 2.93. The number of likely N-dealkylation sites (tertiary alicyclic amines) is 1. The van der Waals surface area contributed by atoms with Gasteiger partial charge in [0.15, 0.2) is 0 Å². The second-order valence-corrected chi connectivity index (χ2v) is 6.58. The van der Waals surface area contributed by atoms with E-state index in [0.717, 1.165) is 44.6 Å². The number of nitrogens with one attached hydrogen (secondary N) is 1. The minimum absolute atomic E-state index is 0.0207. The Bertz CT molecular complexity index is 754. The molecule has 28 heavy (non-hydrogen) atoms. The SMILES string of the molecule is NC(=O)Nc1cccc(C(F)(F)F)c1.OC1CCCN(Cc2ccccc2)C1. The number of primary amides is 1. The number of rotatable bonds is 3. The van der Waals surface area contributed by atoms with Crippen LogP contribution in [0.4, 0.5) is 23.7 Å². The van der Waals surface area contributed by atoms with Gasteiger partial charge in [-0.25, -0.2) is 4.79 Å². The summed E-state index contributed by atoms with van der Waals surface area (Å²) in [6.07, 6.45) is -2.46. The third kappa shape index (κ3) is 7.58. The second-order valence-electron chi connectivity index (χ2n) is 6.58. The lowest BCUT2D eigenvalue weighted by atomic mass is 10.1. The first-order valence-electron chi connectivity index (χ1n) is 8.92. The molecule has 0 spiro atoms. The lowest BCUT2D eigenvalue weighted by Crippen LogP contribution is -2.37. The van der Waals surface area contributed by atoms with Gasteiger partial charge in [-0.05, 0) is 43.1 Å². The number of amides is 2. The number of hydrogen-bond donors (Lipinski definition) is 3. The number of hydrogen-bond acceptors (Lipinski definition) is 3. The van der Waals surface area contributed by atoms with Crippen molar-refractivity contribution in [2.45, 2.75) is 31.7 Å². The molecule has 8 heteroatoms. The molecule has 5 nitrogen and oxygen atoms in total. The highest BCUT2D eigenvalue weighted by Crippen LogP contribution is 2.30. The van der Waals surface area contributed by atoms with Gasteiger partial charge >= 0.3 is 12.2 Å². The van der Waals surface area contributed by atoms with Crippen molar-refractivity contribution in [2.75, 3.05) is 18.4 Å². The Morgan fingerprint density at radius 3 is 2.50 bits per heavy atom. The van der Waals surface area contributed by atoms with Gasteiger partial charge in [-0.3, -0.25) is 4.90 Å². The van der Waals surface area contributed by atoms with Crippen molar-refractivity contribution in [3.63, 3.8) is 0 Å². The molecule has 1 atom stereocenters. The molecule has 0 aromatic heterocycles. The second kappa shape index (κ2) is 10.1. The van der Waals surface area contributed by atoms with Crippen LogP contribution in [0.1, 0.15) is 24.0 Å². The minimum Gasteiger partial charge on any atom is -0.392 e. The first-order chi connectivity index (χ1) is 13.2. The summed E-state index contributed by atoms with van der Waals surface area (Å²) in [5.74, 6) is 0. The zero-order valence-electron chi connectivity index (χ0n) is 15.3. The van der Waals surface area contributed by atoms with Gasteiger partial charge in [0.1, 0.15) is 0 Å². The molecular formula is C20H24F3N3O2. The molecule has 4 N–H and O–H groups in total. The molecule has 1 fully saturated rings. The van der Waals surface area contributed by atoms with Gasteiger partial charge in [0.2, 0.25) is 0 Å². The van der Waals surface area contributed by atoms with E-state index < -0.39 is 17.8 Å². The van der Waals surface area contributed by atoms with E-state index in [4.69, 9.17) is 5.73 Å². The van der Waals surface area contributed by atoms with E-state index in [1.807, 2.05) is 6.07 Å². The van der Waals surface area contributed by atoms with Gasteiger partial charge in [0.25, 0.3) is 0 Å². The summed E-state index contributed by atoms with van der Waals surface area (Å²) in [6, 6.07) is 13.8. The van der Waals surface area contributed by atoms with Crippen LogP contribution in [0.3, 0.4) is 0 Å². The molecule has 2 amide bonds. The van der Waals surface area contributed by atoms with Gasteiger partial charge in [-0.1, -0.05) is 36.4 Å². The summed E-state index contributed by atoms with van der Waals surface area (Å²) in [5, 5.41) is 11.6. The Morgan fingerprint density at radius 1 is 1.18 bits per heavy atom. The van der Waals surface area contributed by atoms with E-state index in [9.17, 15) is 23.1 Å². The van der Waals surface area contributed by atoms with Gasteiger partial charge in [0, 0.05) is 18.8 Å². The van der Waals surface area contributed by atoms with Gasteiger partial charge < -0.3 is 16.2 Å². The molecule has 0 radical (unpaired) electrons. The van der Waals surface area contributed by atoms with Crippen LogP contribution in [0.15, 0.2) is 54.6 Å². The third-order valence-electron chi connectivity index (χ3n) is 4.19. The number of piperidine rings is 1. The third-order valence-corrected chi connectivity index (χ3v) is 4.19. The molecule has 1 saturated heterocycles. The minimum atomic E-state index is -4.42. The summed E-state index contributed by atoms with van der Waals surface area (Å²) < 4.78 is 36.5. The fourth-order valence-electron chi connectivity index (χ4n) is 2.93. The van der Waals surface area contributed by atoms with E-state index >= 15 is 0 Å². The van der Waals surface area contributed by atoms with Crippen molar-refractivity contribution in [3.05, 3.63) is 65.7 Å². The summed E-state index contributed by atoms with van der Waals surface area (Å²) in [7, 11) is 0. The van der Waals surface area contributed by atoms with Crippen LogP contribution in [-0.2, 0) is 12.7 Å². The normalized spacial score (nSPS) is 17.4. The summed E-state index contributed by atoms with van der Waals surface area (Å²) in [5.41, 5.74) is 5.28. The number of alkyl halides is 3. The van der Waals surface area contributed by atoms with Crippen molar-refractivity contribution in [1.29, 1.82) is 0 Å². The zero-order chi connectivity index (χ0) is 20.6. The number of aliphatic hydroxyl groups excluding tert-OH is 1. The molecule has 2 aromatic carbocycles. The van der Waals surface area contributed by atoms with Crippen molar-refractivity contribution < 1.29 is 23.1 Å². The van der Waals surface area contributed by atoms with Crippen molar-refractivity contribution in [3.8, 4) is 0 Å². The van der Waals surface area contributed by atoms with Crippen molar-refractivity contribution >= 4 is 11.7 Å². The van der Waals surface area contributed by atoms with Gasteiger partial charge in [-0.2, -0.15) is 13.2 Å². The van der Waals surface area contributed by atoms with Crippen LogP contribution in [0.5, 0.6) is 0 Å². The molecule has 3 rings (SSSR count). The first kappa shape index (κ1) is 21.7. The Hall–Kier alpha value is -2.58. The zero-order valence-corrected chi connectivity index (χ0v) is 15.3. The van der Waals surface area contributed by atoms with Crippen LogP contribution in [0.25, 0.3) is 0 Å². The number of halogens is 3. The maximum atomic E-state index is 12.2. The van der Waals surface area contributed by atoms with Crippen LogP contribution in [0.2, 0.25) is 0 Å². The van der Waals surface area contributed by atoms with Gasteiger partial charge in [-0.15, -0.1) is 0 Å². The highest BCUT2D eigenvalue weighted by atomic mass is 19.4. The molecule has 0 bridgehead atoms. The quantitative estimate of drug-likeness (QED) is 0.739. The topological polar surface area (TPSA) is 78.6 Å². The Kier molecular flexibility index (Phi) is 7.83. The van der Waals surface area contributed by atoms with Gasteiger partial charge in [0.05, 0.1) is 11.7 Å². The van der Waals surface area contributed by atoms with Crippen LogP contribution < -0.4 is 11.1 Å². The number of benzene rings is 2. The Labute approximate surface area is 162 Å². The lowest BCUT2D eigenvalue weighted by molar-refractivity contribution is -0.137. The smallest absolute Gasteiger partial charge is 0.392 e. The number of nitrogens with two attached hydrogens (primary N) is 1. The van der Waals surface area contributed by atoms with Crippen LogP contribution in [-0.4, -0.2) is 35.2 Å². The predicted molar refractivity (Wildman–Crippen MR) is 102 cm³/mol. The summed E-state index contributed by atoms with van der Waals surface area (Å²) >= 11 is 0. The number of carbonyl (C=O) groups is 1. The molecule has 1 heterocycles. The molecule has 1 aliphatic heterocycles. The first-order valence-corrected chi connectivity index (χ1v) is 8.92. The largest absolute Gasteiger partial charge is 0.416 e. The molecule has 1 unspecified atom stereocenters. The van der Waals surface area contributed by atoms with Crippen molar-refractivity contribution in [2.24, 2.45) is 5.73 Å². The molecular weight excluding hydrogens is 371 g/mol. The Balaban J connectivity index is 0.000000200. The molecule has 152 valence electrons. The molecule has 0 aliphatic carbocycles. The highest BCUT2D eigenvalue weighted by molar-refractivity contribution is 5.87. The average Bonchev–Trinajstić information content (AvgIpc) is 2.62. The monoisotopic (exact) mass is 395 g/mol. The number of β-amino-alcohol motifs (C(OH)–C–C–N with tert-alkyl or cyclic N) is 1. The lowest BCUT2D eigenvalue weighted by Gasteiger charge is -2.29. The van der Waals surface area contributed by atoms with Crippen molar-refractivity contribution in [1.82, 2.24) is 4.90 Å². The molecule has 1 aliphatic rings. The van der Waals surface area contributed by atoms with E-state index in [1.54, 1.807) is 0 Å². The van der Waals surface area contributed by atoms with E-state index in [0.29, 0.717) is 0 Å². The van der Waals surface area contributed by atoms with Crippen LogP contribution in [0, 0.1) is 0 Å². The Morgan fingerprint density at radius 2 is 1.89 bits per heavy atom. The number of carbonyl (C=O) groups excluding carboxylic acids is 1. The molecule has 0 saturated carbocycles. The fraction of sp³-hybridized carbons (Fsp3) is 0.350. The van der Waals surface area contributed by atoms with E-state index in [2.05, 4.69) is 34.5 Å². The van der Waals surface area contributed by atoms with Crippen LogP contribution >= 0.6 is 0 Å². The number of aliphatic hydroxyl groups is 1. The average molecular weight is 395 g/mol. The maximum Gasteiger partial charge on any atom is 0.416 e. The molecule has 2 aromatic rings. The maximum absolute atomic E-state index is 12.2. The van der Waals surface area contributed by atoms with E-state index in [1.165, 1.54) is 17.7 Å². The highest BCUT2D eigenvalue weighted by Gasteiger charge is 2.30. The standard InChI is InChI=1S/C12H17NO.C8H7F3N2O/c14-12-7-4-8-13(10-12)9-11-5-2-1-3-6-11;9-8(10,11)5-2-1-3-6(4-5)13-7(12)14/h1-3,5-6,12,14H,4,7-10H2;1-4H,(H3,12,13,14). The number of anilines is 1.